The van der Waals surface area contributed by atoms with Gasteiger partial charge in [-0.3, -0.25) is 9.80 Å². The Morgan fingerprint density at radius 3 is 2.58 bits per heavy atom. The minimum Gasteiger partial charge on any atom is -0.369 e. The second-order valence-electron chi connectivity index (χ2n) is 6.88. The SMILES string of the molecule is c1ccc(N2CCN(C3CCCN(Cc4ccon4)C3)CC2)cc1. The van der Waals surface area contributed by atoms with Crippen molar-refractivity contribution >= 4 is 5.69 Å². The number of anilines is 1. The zero-order chi connectivity index (χ0) is 16.2. The third-order valence-corrected chi connectivity index (χ3v) is 5.31. The van der Waals surface area contributed by atoms with Crippen molar-refractivity contribution < 1.29 is 4.52 Å². The molecular formula is C19H26N4O. The molecule has 2 aliphatic heterocycles. The van der Waals surface area contributed by atoms with E-state index in [1.54, 1.807) is 6.26 Å². The molecule has 1 atom stereocenters. The summed E-state index contributed by atoms with van der Waals surface area (Å²) in [4.78, 5) is 7.72. The number of piperidine rings is 1. The summed E-state index contributed by atoms with van der Waals surface area (Å²) < 4.78 is 4.96. The van der Waals surface area contributed by atoms with Gasteiger partial charge >= 0.3 is 0 Å². The van der Waals surface area contributed by atoms with Crippen molar-refractivity contribution in [2.45, 2.75) is 25.4 Å². The molecule has 4 rings (SSSR count). The normalized spacial score (nSPS) is 23.5. The quantitative estimate of drug-likeness (QED) is 0.862. The van der Waals surface area contributed by atoms with Crippen molar-refractivity contribution in [1.82, 2.24) is 15.0 Å². The van der Waals surface area contributed by atoms with Crippen LogP contribution in [-0.4, -0.2) is 60.3 Å². The fourth-order valence-corrected chi connectivity index (χ4v) is 4.01. The fourth-order valence-electron chi connectivity index (χ4n) is 4.01. The summed E-state index contributed by atoms with van der Waals surface area (Å²) in [7, 11) is 0. The van der Waals surface area contributed by atoms with Crippen molar-refractivity contribution in [2.75, 3.05) is 44.2 Å². The van der Waals surface area contributed by atoms with E-state index in [2.05, 4.69) is 50.2 Å². The summed E-state index contributed by atoms with van der Waals surface area (Å²) in [6, 6.07) is 13.4. The van der Waals surface area contributed by atoms with Crippen LogP contribution in [0.5, 0.6) is 0 Å². The molecule has 5 heteroatoms. The van der Waals surface area contributed by atoms with Gasteiger partial charge in [-0.05, 0) is 31.5 Å². The van der Waals surface area contributed by atoms with Crippen molar-refractivity contribution in [3.8, 4) is 0 Å². The van der Waals surface area contributed by atoms with Crippen LogP contribution in [0.15, 0.2) is 47.2 Å². The van der Waals surface area contributed by atoms with E-state index in [1.165, 1.54) is 25.1 Å². The minimum atomic E-state index is 0.684. The van der Waals surface area contributed by atoms with Crippen molar-refractivity contribution in [3.63, 3.8) is 0 Å². The molecule has 24 heavy (non-hydrogen) atoms. The van der Waals surface area contributed by atoms with Crippen LogP contribution in [0, 0.1) is 0 Å². The molecule has 2 aromatic rings. The second kappa shape index (κ2) is 7.36. The van der Waals surface area contributed by atoms with Crippen LogP contribution in [0.25, 0.3) is 0 Å². The molecule has 128 valence electrons. The Morgan fingerprint density at radius 2 is 1.83 bits per heavy atom. The van der Waals surface area contributed by atoms with Crippen molar-refractivity contribution in [2.24, 2.45) is 0 Å². The van der Waals surface area contributed by atoms with Gasteiger partial charge in [0.25, 0.3) is 0 Å². The molecule has 1 aromatic carbocycles. The van der Waals surface area contributed by atoms with E-state index in [9.17, 15) is 0 Å². The van der Waals surface area contributed by atoms with Gasteiger partial charge in [-0.2, -0.15) is 0 Å². The topological polar surface area (TPSA) is 35.8 Å². The maximum absolute atomic E-state index is 4.96. The first kappa shape index (κ1) is 15.7. The van der Waals surface area contributed by atoms with Crippen LogP contribution in [0.3, 0.4) is 0 Å². The van der Waals surface area contributed by atoms with Crippen molar-refractivity contribution in [3.05, 3.63) is 48.4 Å². The molecule has 3 heterocycles. The van der Waals surface area contributed by atoms with Gasteiger partial charge in [0.05, 0.1) is 5.69 Å². The van der Waals surface area contributed by atoms with E-state index in [0.717, 1.165) is 45.0 Å². The standard InChI is InChI=1S/C19H26N4O/c1-2-5-18(6-3-1)22-10-12-23(13-11-22)19-7-4-9-21(16-19)15-17-8-14-24-20-17/h1-3,5-6,8,14,19H,4,7,9-13,15-16H2. The van der Waals surface area contributed by atoms with Crippen LogP contribution in [-0.2, 0) is 6.54 Å². The molecule has 5 nitrogen and oxygen atoms in total. The summed E-state index contributed by atoms with van der Waals surface area (Å²) in [6.07, 6.45) is 4.27. The lowest BCUT2D eigenvalue weighted by Gasteiger charge is -2.43. The highest BCUT2D eigenvalue weighted by Gasteiger charge is 2.28. The molecule has 1 unspecified atom stereocenters. The third-order valence-electron chi connectivity index (χ3n) is 5.31. The molecule has 0 amide bonds. The largest absolute Gasteiger partial charge is 0.369 e. The van der Waals surface area contributed by atoms with Crippen LogP contribution in [0.2, 0.25) is 0 Å². The highest BCUT2D eigenvalue weighted by Crippen LogP contribution is 2.21. The Kier molecular flexibility index (Phi) is 4.81. The van der Waals surface area contributed by atoms with Gasteiger partial charge in [-0.1, -0.05) is 23.4 Å². The van der Waals surface area contributed by atoms with Gasteiger partial charge in [0.2, 0.25) is 0 Å². The number of hydrogen-bond donors (Lipinski definition) is 0. The van der Waals surface area contributed by atoms with Crippen LogP contribution < -0.4 is 4.90 Å². The first-order chi connectivity index (χ1) is 11.9. The van der Waals surface area contributed by atoms with E-state index in [-0.39, 0.29) is 0 Å². The average molecular weight is 326 g/mol. The lowest BCUT2D eigenvalue weighted by atomic mass is 10.0. The van der Waals surface area contributed by atoms with Gasteiger partial charge in [0.1, 0.15) is 6.26 Å². The van der Waals surface area contributed by atoms with Gasteiger partial charge in [0, 0.05) is 57.1 Å². The highest BCUT2D eigenvalue weighted by molar-refractivity contribution is 5.46. The van der Waals surface area contributed by atoms with Gasteiger partial charge in [0.15, 0.2) is 0 Å². The van der Waals surface area contributed by atoms with Gasteiger partial charge in [-0.15, -0.1) is 0 Å². The molecule has 0 bridgehead atoms. The van der Waals surface area contributed by atoms with Gasteiger partial charge < -0.3 is 9.42 Å². The van der Waals surface area contributed by atoms with Crippen molar-refractivity contribution in [1.29, 1.82) is 0 Å². The molecule has 0 saturated carbocycles. The number of piperazine rings is 1. The Morgan fingerprint density at radius 1 is 1.00 bits per heavy atom. The summed E-state index contributed by atoms with van der Waals surface area (Å²) in [5.41, 5.74) is 2.40. The van der Waals surface area contributed by atoms with Crippen LogP contribution >= 0.6 is 0 Å². The lowest BCUT2D eigenvalue weighted by Crippen LogP contribution is -2.55. The average Bonchev–Trinajstić information content (AvgIpc) is 3.16. The number of likely N-dealkylation sites (tertiary alicyclic amines) is 1. The van der Waals surface area contributed by atoms with E-state index in [0.29, 0.717) is 6.04 Å². The number of nitrogens with zero attached hydrogens (tertiary/aromatic N) is 4. The van der Waals surface area contributed by atoms with E-state index in [4.69, 9.17) is 4.52 Å². The fraction of sp³-hybridized carbons (Fsp3) is 0.526. The molecule has 0 N–H and O–H groups in total. The zero-order valence-electron chi connectivity index (χ0n) is 14.2. The maximum Gasteiger partial charge on any atom is 0.124 e. The number of hydrogen-bond acceptors (Lipinski definition) is 5. The molecule has 2 saturated heterocycles. The maximum atomic E-state index is 4.96. The van der Waals surface area contributed by atoms with E-state index in [1.807, 2.05) is 6.07 Å². The Bertz CT molecular complexity index is 608. The van der Waals surface area contributed by atoms with Crippen LogP contribution in [0.1, 0.15) is 18.5 Å². The lowest BCUT2D eigenvalue weighted by molar-refractivity contribution is 0.0875. The summed E-state index contributed by atoms with van der Waals surface area (Å²) in [5, 5.41) is 4.05. The van der Waals surface area contributed by atoms with Gasteiger partial charge in [-0.25, -0.2) is 0 Å². The highest BCUT2D eigenvalue weighted by atomic mass is 16.5. The first-order valence-corrected chi connectivity index (χ1v) is 9.04. The van der Waals surface area contributed by atoms with E-state index < -0.39 is 0 Å². The number of aromatic nitrogens is 1. The minimum absolute atomic E-state index is 0.684. The molecule has 0 radical (unpaired) electrons. The molecule has 0 spiro atoms. The molecule has 0 aliphatic carbocycles. The Balaban J connectivity index is 1.30. The zero-order valence-corrected chi connectivity index (χ0v) is 14.2. The number of para-hydroxylation sites is 1. The smallest absolute Gasteiger partial charge is 0.124 e. The van der Waals surface area contributed by atoms with E-state index >= 15 is 0 Å². The molecular weight excluding hydrogens is 300 g/mol. The number of benzene rings is 1. The number of rotatable bonds is 4. The molecule has 2 fully saturated rings. The Labute approximate surface area is 143 Å². The second-order valence-corrected chi connectivity index (χ2v) is 6.88. The third kappa shape index (κ3) is 3.62. The first-order valence-electron chi connectivity index (χ1n) is 9.04. The monoisotopic (exact) mass is 326 g/mol. The summed E-state index contributed by atoms with van der Waals surface area (Å²) >= 11 is 0. The van der Waals surface area contributed by atoms with Crippen LogP contribution in [0.4, 0.5) is 5.69 Å². The predicted molar refractivity (Wildman–Crippen MR) is 95.0 cm³/mol. The Hall–Kier alpha value is -1.85. The predicted octanol–water partition coefficient (Wildman–Crippen LogP) is 2.46. The molecule has 2 aliphatic rings. The summed E-state index contributed by atoms with van der Waals surface area (Å²) in [5.74, 6) is 0. The summed E-state index contributed by atoms with van der Waals surface area (Å²) in [6.45, 7) is 7.82. The molecule has 1 aromatic heterocycles.